The van der Waals surface area contributed by atoms with Gasteiger partial charge in [-0.1, -0.05) is 0 Å². The summed E-state index contributed by atoms with van der Waals surface area (Å²) in [4.78, 5) is 8.87. The van der Waals surface area contributed by atoms with E-state index >= 15 is 0 Å². The van der Waals surface area contributed by atoms with E-state index in [1.54, 1.807) is 0 Å². The quantitative estimate of drug-likeness (QED) is 0.814. The molecule has 4 nitrogen and oxygen atoms in total. The first-order chi connectivity index (χ1) is 9.78. The van der Waals surface area contributed by atoms with Crippen molar-refractivity contribution in [2.24, 2.45) is 5.92 Å². The molecule has 1 aliphatic heterocycles. The molecule has 0 amide bonds. The van der Waals surface area contributed by atoms with Crippen LogP contribution in [0.2, 0.25) is 0 Å². The van der Waals surface area contributed by atoms with E-state index in [9.17, 15) is 0 Å². The molecule has 1 aromatic heterocycles. The largest absolute Gasteiger partial charge is 0.395 e. The Morgan fingerprint density at radius 3 is 2.65 bits per heavy atom. The third-order valence-corrected chi connectivity index (χ3v) is 4.22. The van der Waals surface area contributed by atoms with Crippen LogP contribution in [-0.2, 0) is 6.42 Å². The molecular formula is C16H27N3O. The summed E-state index contributed by atoms with van der Waals surface area (Å²) < 4.78 is 0. The fourth-order valence-corrected chi connectivity index (χ4v) is 2.94. The fraction of sp³-hybridized carbons (Fsp3) is 0.688. The Labute approximate surface area is 122 Å². The van der Waals surface area contributed by atoms with Gasteiger partial charge in [-0.2, -0.15) is 0 Å². The molecule has 1 aliphatic rings. The number of β-amino-alcohol motifs (C(OH)–C–C–N with tert-alkyl or cyclic N) is 1. The molecule has 2 rings (SSSR count). The van der Waals surface area contributed by atoms with Crippen LogP contribution in [0.3, 0.4) is 0 Å². The van der Waals surface area contributed by atoms with Crippen molar-refractivity contribution in [2.75, 3.05) is 46.4 Å². The summed E-state index contributed by atoms with van der Waals surface area (Å²) in [5.74, 6) is 0.812. The minimum absolute atomic E-state index is 0.288. The third kappa shape index (κ3) is 5.19. The molecule has 1 fully saturated rings. The number of rotatable bonds is 7. The van der Waals surface area contributed by atoms with Gasteiger partial charge in [-0.05, 0) is 63.0 Å². The van der Waals surface area contributed by atoms with Crippen LogP contribution in [0.1, 0.15) is 18.4 Å². The van der Waals surface area contributed by atoms with Crippen molar-refractivity contribution in [2.45, 2.75) is 19.3 Å². The Morgan fingerprint density at radius 2 is 2.00 bits per heavy atom. The van der Waals surface area contributed by atoms with Gasteiger partial charge >= 0.3 is 0 Å². The van der Waals surface area contributed by atoms with Crippen molar-refractivity contribution >= 4 is 0 Å². The number of aromatic nitrogens is 1. The van der Waals surface area contributed by atoms with Gasteiger partial charge in [-0.15, -0.1) is 0 Å². The van der Waals surface area contributed by atoms with Crippen LogP contribution in [0.15, 0.2) is 24.5 Å². The Hall–Kier alpha value is -0.970. The van der Waals surface area contributed by atoms with Crippen LogP contribution < -0.4 is 0 Å². The zero-order valence-corrected chi connectivity index (χ0v) is 12.5. The third-order valence-electron chi connectivity index (χ3n) is 4.22. The van der Waals surface area contributed by atoms with E-state index in [0.717, 1.165) is 38.5 Å². The lowest BCUT2D eigenvalue weighted by molar-refractivity contribution is 0.131. The van der Waals surface area contributed by atoms with Crippen molar-refractivity contribution in [1.29, 1.82) is 0 Å². The summed E-state index contributed by atoms with van der Waals surface area (Å²) in [7, 11) is 2.22. The van der Waals surface area contributed by atoms with Gasteiger partial charge in [0.2, 0.25) is 0 Å². The van der Waals surface area contributed by atoms with Crippen molar-refractivity contribution in [3.8, 4) is 0 Å². The van der Waals surface area contributed by atoms with Gasteiger partial charge < -0.3 is 14.9 Å². The average molecular weight is 277 g/mol. The smallest absolute Gasteiger partial charge is 0.0558 e. The number of hydrogen-bond donors (Lipinski definition) is 1. The number of aliphatic hydroxyl groups excluding tert-OH is 1. The zero-order valence-electron chi connectivity index (χ0n) is 12.5. The van der Waals surface area contributed by atoms with Crippen LogP contribution in [0.25, 0.3) is 0 Å². The lowest BCUT2D eigenvalue weighted by Gasteiger charge is -2.33. The highest BCUT2D eigenvalue weighted by molar-refractivity contribution is 5.09. The SMILES string of the molecule is CN(CCc1ccncc1)CC1CCN(CCO)CC1. The summed E-state index contributed by atoms with van der Waals surface area (Å²) in [5, 5.41) is 8.95. The predicted octanol–water partition coefficient (Wildman–Crippen LogP) is 1.26. The van der Waals surface area contributed by atoms with Crippen molar-refractivity contribution in [1.82, 2.24) is 14.8 Å². The molecule has 0 aliphatic carbocycles. The lowest BCUT2D eigenvalue weighted by Crippen LogP contribution is -2.39. The normalized spacial score (nSPS) is 17.8. The Balaban J connectivity index is 1.64. The average Bonchev–Trinajstić information content (AvgIpc) is 2.49. The van der Waals surface area contributed by atoms with Crippen LogP contribution in [0, 0.1) is 5.92 Å². The summed E-state index contributed by atoms with van der Waals surface area (Å²) in [6.45, 7) is 5.72. The maximum atomic E-state index is 8.95. The van der Waals surface area contributed by atoms with Crippen molar-refractivity contribution in [3.63, 3.8) is 0 Å². The molecule has 0 saturated carbocycles. The fourth-order valence-electron chi connectivity index (χ4n) is 2.94. The standard InChI is InChI=1S/C16H27N3O/c1-18(9-4-15-2-7-17-8-3-15)14-16-5-10-19(11-6-16)12-13-20/h2-3,7-8,16,20H,4-6,9-14H2,1H3. The monoisotopic (exact) mass is 277 g/mol. The highest BCUT2D eigenvalue weighted by Crippen LogP contribution is 2.17. The molecule has 0 unspecified atom stereocenters. The number of likely N-dealkylation sites (tertiary alicyclic amines) is 1. The Kier molecular flexibility index (Phi) is 6.43. The first kappa shape index (κ1) is 15.4. The second-order valence-electron chi connectivity index (χ2n) is 5.88. The number of piperidine rings is 1. The summed E-state index contributed by atoms with van der Waals surface area (Å²) in [5.41, 5.74) is 1.37. The first-order valence-electron chi connectivity index (χ1n) is 7.68. The number of aliphatic hydroxyl groups is 1. The van der Waals surface area contributed by atoms with Gasteiger partial charge in [0.15, 0.2) is 0 Å². The van der Waals surface area contributed by atoms with E-state index in [4.69, 9.17) is 5.11 Å². The maximum Gasteiger partial charge on any atom is 0.0558 e. The molecule has 0 bridgehead atoms. The van der Waals surface area contributed by atoms with Crippen LogP contribution in [-0.4, -0.2) is 66.3 Å². The Bertz CT molecular complexity index is 363. The molecule has 4 heteroatoms. The minimum atomic E-state index is 0.288. The molecule has 0 aromatic carbocycles. The van der Waals surface area contributed by atoms with Gasteiger partial charge in [-0.25, -0.2) is 0 Å². The van der Waals surface area contributed by atoms with E-state index < -0.39 is 0 Å². The minimum Gasteiger partial charge on any atom is -0.395 e. The number of pyridine rings is 1. The van der Waals surface area contributed by atoms with Crippen LogP contribution in [0.4, 0.5) is 0 Å². The van der Waals surface area contributed by atoms with Gasteiger partial charge in [0.05, 0.1) is 6.61 Å². The van der Waals surface area contributed by atoms with Gasteiger partial charge in [0.25, 0.3) is 0 Å². The number of likely N-dealkylation sites (N-methyl/N-ethyl adjacent to an activating group) is 1. The van der Waals surface area contributed by atoms with E-state index in [1.165, 1.54) is 24.9 Å². The van der Waals surface area contributed by atoms with Crippen molar-refractivity contribution in [3.05, 3.63) is 30.1 Å². The molecular weight excluding hydrogens is 250 g/mol. The molecule has 0 spiro atoms. The summed E-state index contributed by atoms with van der Waals surface area (Å²) in [6.07, 6.45) is 7.36. The first-order valence-corrected chi connectivity index (χ1v) is 7.68. The zero-order chi connectivity index (χ0) is 14.2. The van der Waals surface area contributed by atoms with Gasteiger partial charge in [0.1, 0.15) is 0 Å². The van der Waals surface area contributed by atoms with Gasteiger partial charge in [-0.3, -0.25) is 4.98 Å². The highest BCUT2D eigenvalue weighted by Gasteiger charge is 2.19. The topological polar surface area (TPSA) is 39.6 Å². The molecule has 1 N–H and O–H groups in total. The molecule has 20 heavy (non-hydrogen) atoms. The Morgan fingerprint density at radius 1 is 1.30 bits per heavy atom. The maximum absolute atomic E-state index is 8.95. The summed E-state index contributed by atoms with van der Waals surface area (Å²) in [6, 6.07) is 4.20. The number of nitrogens with zero attached hydrogens (tertiary/aromatic N) is 3. The predicted molar refractivity (Wildman–Crippen MR) is 81.7 cm³/mol. The molecule has 0 atom stereocenters. The molecule has 112 valence electrons. The number of hydrogen-bond acceptors (Lipinski definition) is 4. The van der Waals surface area contributed by atoms with E-state index in [2.05, 4.69) is 34.0 Å². The van der Waals surface area contributed by atoms with Crippen LogP contribution in [0.5, 0.6) is 0 Å². The van der Waals surface area contributed by atoms with E-state index in [0.29, 0.717) is 0 Å². The molecule has 1 saturated heterocycles. The molecule has 2 heterocycles. The van der Waals surface area contributed by atoms with Crippen LogP contribution >= 0.6 is 0 Å². The second kappa shape index (κ2) is 8.35. The highest BCUT2D eigenvalue weighted by atomic mass is 16.3. The molecule has 0 radical (unpaired) electrons. The lowest BCUT2D eigenvalue weighted by atomic mass is 9.96. The van der Waals surface area contributed by atoms with Gasteiger partial charge in [0, 0.05) is 32.0 Å². The van der Waals surface area contributed by atoms with Crippen molar-refractivity contribution < 1.29 is 5.11 Å². The van der Waals surface area contributed by atoms with E-state index in [-0.39, 0.29) is 6.61 Å². The second-order valence-corrected chi connectivity index (χ2v) is 5.88. The molecule has 1 aromatic rings. The van der Waals surface area contributed by atoms with E-state index in [1.807, 2.05) is 12.4 Å². The summed E-state index contributed by atoms with van der Waals surface area (Å²) >= 11 is 0.